The summed E-state index contributed by atoms with van der Waals surface area (Å²) in [5.74, 6) is 0.564. The van der Waals surface area contributed by atoms with E-state index in [9.17, 15) is 4.79 Å². The first-order valence-electron chi connectivity index (χ1n) is 5.16. The largest absolute Gasteiger partial charge is 0.497 e. The lowest BCUT2D eigenvalue weighted by Crippen LogP contribution is -2.07. The van der Waals surface area contributed by atoms with Crippen LogP contribution in [0.3, 0.4) is 0 Å². The van der Waals surface area contributed by atoms with Gasteiger partial charge in [0.05, 0.1) is 13.5 Å². The molecule has 0 radical (unpaired) electrons. The minimum Gasteiger partial charge on any atom is -0.497 e. The van der Waals surface area contributed by atoms with Crippen molar-refractivity contribution in [2.75, 3.05) is 13.7 Å². The summed E-state index contributed by atoms with van der Waals surface area (Å²) in [5.41, 5.74) is 0.922. The van der Waals surface area contributed by atoms with Gasteiger partial charge in [-0.3, -0.25) is 4.79 Å². The molecule has 0 fully saturated rings. The van der Waals surface area contributed by atoms with Crippen LogP contribution in [-0.4, -0.2) is 19.7 Å². The fourth-order valence-corrected chi connectivity index (χ4v) is 1.20. The van der Waals surface area contributed by atoms with Crippen LogP contribution < -0.4 is 4.74 Å². The highest BCUT2D eigenvalue weighted by atomic mass is 16.5. The highest BCUT2D eigenvalue weighted by molar-refractivity contribution is 5.72. The summed E-state index contributed by atoms with van der Waals surface area (Å²) in [6, 6.07) is 7.37. The molecule has 0 bridgehead atoms. The smallest absolute Gasteiger partial charge is 0.310 e. The monoisotopic (exact) mass is 220 g/mol. The molecule has 0 amide bonds. The standard InChI is InChI=1S/C13H16O3/c1-3-4-9-16-13(14)10-11-5-7-12(15-2)8-6-11/h3-8H,9-10H2,1-2H3. The third-order valence-electron chi connectivity index (χ3n) is 2.08. The van der Waals surface area contributed by atoms with Crippen LogP contribution in [0.25, 0.3) is 0 Å². The van der Waals surface area contributed by atoms with E-state index in [2.05, 4.69) is 0 Å². The SMILES string of the molecule is CC=CCOC(=O)Cc1ccc(OC)cc1. The van der Waals surface area contributed by atoms with E-state index in [0.29, 0.717) is 13.0 Å². The predicted molar refractivity (Wildman–Crippen MR) is 62.5 cm³/mol. The average Bonchev–Trinajstić information content (AvgIpc) is 2.30. The second-order valence-corrected chi connectivity index (χ2v) is 3.28. The number of hydrogen-bond acceptors (Lipinski definition) is 3. The predicted octanol–water partition coefficient (Wildman–Crippen LogP) is 2.36. The van der Waals surface area contributed by atoms with Crippen LogP contribution in [0, 0.1) is 0 Å². The lowest BCUT2D eigenvalue weighted by Gasteiger charge is -2.03. The number of hydrogen-bond donors (Lipinski definition) is 0. The number of ether oxygens (including phenoxy) is 2. The molecule has 3 heteroatoms. The molecule has 3 nitrogen and oxygen atoms in total. The van der Waals surface area contributed by atoms with Crippen molar-refractivity contribution in [1.82, 2.24) is 0 Å². The average molecular weight is 220 g/mol. The molecule has 1 aromatic carbocycles. The second kappa shape index (κ2) is 6.67. The number of methoxy groups -OCH3 is 1. The Bertz CT molecular complexity index is 352. The number of carbonyl (C=O) groups is 1. The third kappa shape index (κ3) is 4.17. The molecule has 16 heavy (non-hydrogen) atoms. The molecule has 0 spiro atoms. The van der Waals surface area contributed by atoms with Crippen molar-refractivity contribution in [3.05, 3.63) is 42.0 Å². The summed E-state index contributed by atoms with van der Waals surface area (Å²) in [6.45, 7) is 2.22. The number of benzene rings is 1. The molecule has 0 unspecified atom stereocenters. The molecule has 0 N–H and O–H groups in total. The molecule has 0 aliphatic rings. The van der Waals surface area contributed by atoms with Gasteiger partial charge in [-0.1, -0.05) is 24.3 Å². The normalized spacial score (nSPS) is 10.4. The first kappa shape index (κ1) is 12.3. The Balaban J connectivity index is 2.43. The highest BCUT2D eigenvalue weighted by Crippen LogP contribution is 2.11. The van der Waals surface area contributed by atoms with Gasteiger partial charge in [-0.2, -0.15) is 0 Å². The minimum atomic E-state index is -0.219. The zero-order chi connectivity index (χ0) is 11.8. The first-order valence-corrected chi connectivity index (χ1v) is 5.16. The lowest BCUT2D eigenvalue weighted by molar-refractivity contribution is -0.141. The van der Waals surface area contributed by atoms with Gasteiger partial charge in [0.15, 0.2) is 0 Å². The van der Waals surface area contributed by atoms with Gasteiger partial charge in [-0.05, 0) is 24.6 Å². The first-order chi connectivity index (χ1) is 7.76. The van der Waals surface area contributed by atoms with Crippen molar-refractivity contribution in [2.24, 2.45) is 0 Å². The topological polar surface area (TPSA) is 35.5 Å². The van der Waals surface area contributed by atoms with Gasteiger partial charge < -0.3 is 9.47 Å². The Morgan fingerprint density at radius 1 is 1.31 bits per heavy atom. The molecule has 0 saturated carbocycles. The Morgan fingerprint density at radius 2 is 2.00 bits per heavy atom. The van der Waals surface area contributed by atoms with Crippen LogP contribution in [0.15, 0.2) is 36.4 Å². The van der Waals surface area contributed by atoms with Crippen LogP contribution in [0.5, 0.6) is 5.75 Å². The van der Waals surface area contributed by atoms with Gasteiger partial charge in [-0.15, -0.1) is 0 Å². The van der Waals surface area contributed by atoms with Crippen molar-refractivity contribution in [3.8, 4) is 5.75 Å². The maximum Gasteiger partial charge on any atom is 0.310 e. The lowest BCUT2D eigenvalue weighted by atomic mass is 10.1. The quantitative estimate of drug-likeness (QED) is 0.564. The Kier molecular flexibility index (Phi) is 5.12. The Morgan fingerprint density at radius 3 is 2.56 bits per heavy atom. The molecule has 86 valence electrons. The maximum atomic E-state index is 11.4. The summed E-state index contributed by atoms with van der Waals surface area (Å²) < 4.78 is 10.0. The molecule has 0 atom stereocenters. The fraction of sp³-hybridized carbons (Fsp3) is 0.308. The number of carbonyl (C=O) groups excluding carboxylic acids is 1. The van der Waals surface area contributed by atoms with Crippen LogP contribution in [0.2, 0.25) is 0 Å². The van der Waals surface area contributed by atoms with Gasteiger partial charge in [0.2, 0.25) is 0 Å². The van der Waals surface area contributed by atoms with E-state index < -0.39 is 0 Å². The molecule has 0 saturated heterocycles. The molecule has 0 aliphatic heterocycles. The van der Waals surface area contributed by atoms with E-state index in [1.807, 2.05) is 37.3 Å². The van der Waals surface area contributed by atoms with Crippen LogP contribution in [-0.2, 0) is 16.0 Å². The number of rotatable bonds is 5. The zero-order valence-corrected chi connectivity index (χ0v) is 9.60. The van der Waals surface area contributed by atoms with E-state index in [0.717, 1.165) is 11.3 Å². The summed E-state index contributed by atoms with van der Waals surface area (Å²) >= 11 is 0. The van der Waals surface area contributed by atoms with E-state index in [4.69, 9.17) is 9.47 Å². The van der Waals surface area contributed by atoms with Gasteiger partial charge >= 0.3 is 5.97 Å². The minimum absolute atomic E-state index is 0.219. The summed E-state index contributed by atoms with van der Waals surface area (Å²) in [5, 5.41) is 0. The summed E-state index contributed by atoms with van der Waals surface area (Å²) in [7, 11) is 1.61. The van der Waals surface area contributed by atoms with E-state index in [1.165, 1.54) is 0 Å². The van der Waals surface area contributed by atoms with Gasteiger partial charge in [0.1, 0.15) is 12.4 Å². The second-order valence-electron chi connectivity index (χ2n) is 3.28. The van der Waals surface area contributed by atoms with Crippen molar-refractivity contribution in [1.29, 1.82) is 0 Å². The third-order valence-corrected chi connectivity index (χ3v) is 2.08. The molecular weight excluding hydrogens is 204 g/mol. The number of esters is 1. The van der Waals surface area contributed by atoms with Crippen molar-refractivity contribution >= 4 is 5.97 Å². The molecule has 1 aromatic rings. The summed E-state index contributed by atoms with van der Waals surface area (Å²) in [4.78, 5) is 11.4. The van der Waals surface area contributed by atoms with Crippen LogP contribution in [0.1, 0.15) is 12.5 Å². The van der Waals surface area contributed by atoms with Crippen molar-refractivity contribution in [2.45, 2.75) is 13.3 Å². The van der Waals surface area contributed by atoms with Crippen molar-refractivity contribution in [3.63, 3.8) is 0 Å². The van der Waals surface area contributed by atoms with Crippen molar-refractivity contribution < 1.29 is 14.3 Å². The van der Waals surface area contributed by atoms with Gasteiger partial charge in [0.25, 0.3) is 0 Å². The molecule has 0 aliphatic carbocycles. The van der Waals surface area contributed by atoms with Gasteiger partial charge in [0, 0.05) is 0 Å². The molecular formula is C13H16O3. The van der Waals surface area contributed by atoms with Crippen LogP contribution in [0.4, 0.5) is 0 Å². The van der Waals surface area contributed by atoms with E-state index in [-0.39, 0.29) is 5.97 Å². The Hall–Kier alpha value is -1.77. The summed E-state index contributed by atoms with van der Waals surface area (Å²) in [6.07, 6.45) is 3.94. The molecule has 0 heterocycles. The highest BCUT2D eigenvalue weighted by Gasteiger charge is 2.03. The van der Waals surface area contributed by atoms with E-state index in [1.54, 1.807) is 13.2 Å². The molecule has 1 rings (SSSR count). The Labute approximate surface area is 95.7 Å². The van der Waals surface area contributed by atoms with Gasteiger partial charge in [-0.25, -0.2) is 0 Å². The van der Waals surface area contributed by atoms with Crippen LogP contribution >= 0.6 is 0 Å². The fourth-order valence-electron chi connectivity index (χ4n) is 1.20. The molecule has 0 aromatic heterocycles. The van der Waals surface area contributed by atoms with E-state index >= 15 is 0 Å². The number of allylic oxidation sites excluding steroid dienone is 1. The maximum absolute atomic E-state index is 11.4. The zero-order valence-electron chi connectivity index (χ0n) is 9.60.